The summed E-state index contributed by atoms with van der Waals surface area (Å²) in [5.74, 6) is 0. The molecule has 2 amide bonds. The molecule has 0 saturated heterocycles. The lowest BCUT2D eigenvalue weighted by molar-refractivity contribution is 0.206. The zero-order valence-electron chi connectivity index (χ0n) is 11.5. The number of amides is 2. The molecule has 1 N–H and O–H groups in total. The monoisotopic (exact) mass is 301 g/mol. The summed E-state index contributed by atoms with van der Waals surface area (Å²) in [4.78, 5) is 18.4. The number of para-hydroxylation sites is 1. The third-order valence-corrected chi connectivity index (χ3v) is 3.80. The molecule has 0 radical (unpaired) electrons. The number of carbonyl (C=O) groups is 1. The average Bonchev–Trinajstić information content (AvgIpc) is 3.33. The van der Waals surface area contributed by atoms with Crippen molar-refractivity contribution in [3.05, 3.63) is 59.4 Å². The lowest BCUT2D eigenvalue weighted by Gasteiger charge is -2.23. The molecule has 0 unspecified atom stereocenters. The quantitative estimate of drug-likeness (QED) is 0.930. The van der Waals surface area contributed by atoms with Crippen LogP contribution in [0.15, 0.2) is 48.8 Å². The number of nitrogens with zero attached hydrogens (tertiary/aromatic N) is 2. The minimum atomic E-state index is -0.109. The minimum Gasteiger partial charge on any atom is -0.317 e. The van der Waals surface area contributed by atoms with Gasteiger partial charge in [-0.2, -0.15) is 0 Å². The molecular formula is C16H16ClN3O. The van der Waals surface area contributed by atoms with Gasteiger partial charge >= 0.3 is 6.03 Å². The molecule has 1 fully saturated rings. The molecule has 4 nitrogen and oxygen atoms in total. The Hall–Kier alpha value is -2.07. The highest BCUT2D eigenvalue weighted by molar-refractivity contribution is 6.33. The Morgan fingerprint density at radius 1 is 1.24 bits per heavy atom. The summed E-state index contributed by atoms with van der Waals surface area (Å²) in [5, 5.41) is 3.44. The maximum atomic E-state index is 12.5. The van der Waals surface area contributed by atoms with E-state index in [1.54, 1.807) is 24.5 Å². The summed E-state index contributed by atoms with van der Waals surface area (Å²) in [6.45, 7) is 0.587. The Balaban J connectivity index is 1.72. The van der Waals surface area contributed by atoms with Gasteiger partial charge < -0.3 is 10.2 Å². The van der Waals surface area contributed by atoms with Crippen molar-refractivity contribution in [3.63, 3.8) is 0 Å². The number of halogens is 1. The van der Waals surface area contributed by atoms with Gasteiger partial charge in [0, 0.05) is 25.0 Å². The maximum Gasteiger partial charge on any atom is 0.322 e. The van der Waals surface area contributed by atoms with Gasteiger partial charge in [-0.15, -0.1) is 0 Å². The highest BCUT2D eigenvalue weighted by Crippen LogP contribution is 2.29. The smallest absolute Gasteiger partial charge is 0.317 e. The van der Waals surface area contributed by atoms with Crippen molar-refractivity contribution in [1.29, 1.82) is 0 Å². The molecule has 2 aromatic rings. The second-order valence-electron chi connectivity index (χ2n) is 5.12. The van der Waals surface area contributed by atoms with Crippen LogP contribution in [0.1, 0.15) is 18.4 Å². The Bertz CT molecular complexity index is 628. The molecule has 1 aromatic heterocycles. The molecule has 21 heavy (non-hydrogen) atoms. The molecular weight excluding hydrogens is 286 g/mol. The van der Waals surface area contributed by atoms with Gasteiger partial charge in [-0.3, -0.25) is 4.98 Å². The summed E-state index contributed by atoms with van der Waals surface area (Å²) >= 11 is 6.09. The maximum absolute atomic E-state index is 12.5. The van der Waals surface area contributed by atoms with Crippen molar-refractivity contribution in [3.8, 4) is 0 Å². The van der Waals surface area contributed by atoms with E-state index in [4.69, 9.17) is 11.6 Å². The lowest BCUT2D eigenvalue weighted by atomic mass is 10.2. The highest BCUT2D eigenvalue weighted by atomic mass is 35.5. The van der Waals surface area contributed by atoms with E-state index >= 15 is 0 Å². The van der Waals surface area contributed by atoms with E-state index in [2.05, 4.69) is 10.3 Å². The van der Waals surface area contributed by atoms with Crippen molar-refractivity contribution < 1.29 is 4.79 Å². The van der Waals surface area contributed by atoms with Crippen LogP contribution in [0.2, 0.25) is 5.02 Å². The molecule has 1 heterocycles. The zero-order valence-corrected chi connectivity index (χ0v) is 12.3. The third kappa shape index (κ3) is 3.52. The molecule has 1 aliphatic rings. The first-order valence-electron chi connectivity index (χ1n) is 6.95. The van der Waals surface area contributed by atoms with Crippen LogP contribution in [0.3, 0.4) is 0 Å². The molecule has 0 bridgehead atoms. The summed E-state index contributed by atoms with van der Waals surface area (Å²) in [6, 6.07) is 11.3. The number of hydrogen-bond acceptors (Lipinski definition) is 2. The molecule has 1 saturated carbocycles. The van der Waals surface area contributed by atoms with E-state index < -0.39 is 0 Å². The molecule has 1 aliphatic carbocycles. The highest BCUT2D eigenvalue weighted by Gasteiger charge is 2.32. The molecule has 1 aromatic carbocycles. The number of carbonyl (C=O) groups excluding carboxylic acids is 1. The van der Waals surface area contributed by atoms with Crippen LogP contribution in [-0.2, 0) is 6.54 Å². The topological polar surface area (TPSA) is 45.2 Å². The van der Waals surface area contributed by atoms with Crippen molar-refractivity contribution in [2.45, 2.75) is 25.4 Å². The second-order valence-corrected chi connectivity index (χ2v) is 5.53. The molecule has 0 aliphatic heterocycles. The Labute approximate surface area is 128 Å². The van der Waals surface area contributed by atoms with Crippen molar-refractivity contribution in [2.75, 3.05) is 5.32 Å². The van der Waals surface area contributed by atoms with Gasteiger partial charge in [0.2, 0.25) is 0 Å². The van der Waals surface area contributed by atoms with Crippen LogP contribution >= 0.6 is 11.6 Å². The standard InChI is InChI=1S/C16H16ClN3O/c17-14-3-1-2-4-15(14)19-16(21)20(13-5-6-13)11-12-7-9-18-10-8-12/h1-4,7-10,13H,5-6,11H2,(H,19,21). The van der Waals surface area contributed by atoms with E-state index in [9.17, 15) is 4.79 Å². The van der Waals surface area contributed by atoms with Crippen LogP contribution in [0, 0.1) is 0 Å². The summed E-state index contributed by atoms with van der Waals surface area (Å²) in [5.41, 5.74) is 1.72. The van der Waals surface area contributed by atoms with E-state index in [0.717, 1.165) is 18.4 Å². The second kappa shape index (κ2) is 6.14. The first-order chi connectivity index (χ1) is 10.2. The third-order valence-electron chi connectivity index (χ3n) is 3.47. The van der Waals surface area contributed by atoms with Crippen LogP contribution in [0.5, 0.6) is 0 Å². The van der Waals surface area contributed by atoms with Gasteiger partial charge in [-0.25, -0.2) is 4.79 Å². The lowest BCUT2D eigenvalue weighted by Crippen LogP contribution is -2.36. The average molecular weight is 302 g/mol. The predicted molar refractivity (Wildman–Crippen MR) is 83.3 cm³/mol. The van der Waals surface area contributed by atoms with Gasteiger partial charge in [0.25, 0.3) is 0 Å². The molecule has 0 spiro atoms. The predicted octanol–water partition coefficient (Wildman–Crippen LogP) is 3.93. The fourth-order valence-corrected chi connectivity index (χ4v) is 2.37. The fraction of sp³-hybridized carbons (Fsp3) is 0.250. The van der Waals surface area contributed by atoms with Crippen molar-refractivity contribution in [2.24, 2.45) is 0 Å². The Kier molecular flexibility index (Phi) is 4.06. The SMILES string of the molecule is O=C(Nc1ccccc1Cl)N(Cc1ccncc1)C1CC1. The van der Waals surface area contributed by atoms with Gasteiger partial charge in [0.1, 0.15) is 0 Å². The van der Waals surface area contributed by atoms with Gasteiger partial charge in [-0.1, -0.05) is 23.7 Å². The number of aromatic nitrogens is 1. The van der Waals surface area contributed by atoms with Crippen molar-refractivity contribution in [1.82, 2.24) is 9.88 Å². The van der Waals surface area contributed by atoms with E-state index in [0.29, 0.717) is 23.3 Å². The largest absolute Gasteiger partial charge is 0.322 e. The number of hydrogen-bond donors (Lipinski definition) is 1. The normalized spacial score (nSPS) is 13.8. The molecule has 108 valence electrons. The van der Waals surface area contributed by atoms with Crippen LogP contribution in [0.25, 0.3) is 0 Å². The summed E-state index contributed by atoms with van der Waals surface area (Å²) in [7, 11) is 0. The Morgan fingerprint density at radius 2 is 1.95 bits per heavy atom. The molecule has 3 rings (SSSR count). The van der Waals surface area contributed by atoms with Gasteiger partial charge in [0.05, 0.1) is 10.7 Å². The van der Waals surface area contributed by atoms with Crippen molar-refractivity contribution >= 4 is 23.3 Å². The number of urea groups is 1. The molecule has 0 atom stereocenters. The Morgan fingerprint density at radius 3 is 2.62 bits per heavy atom. The number of nitrogens with one attached hydrogen (secondary N) is 1. The van der Waals surface area contributed by atoms with Gasteiger partial charge in [0.15, 0.2) is 0 Å². The summed E-state index contributed by atoms with van der Waals surface area (Å²) < 4.78 is 0. The number of pyridine rings is 1. The zero-order chi connectivity index (χ0) is 14.7. The van der Waals surface area contributed by atoms with Gasteiger partial charge in [-0.05, 0) is 42.7 Å². The van der Waals surface area contributed by atoms with E-state index in [1.807, 2.05) is 29.2 Å². The number of rotatable bonds is 4. The first-order valence-corrected chi connectivity index (χ1v) is 7.33. The minimum absolute atomic E-state index is 0.109. The summed E-state index contributed by atoms with van der Waals surface area (Å²) in [6.07, 6.45) is 5.60. The first kappa shape index (κ1) is 13.9. The number of anilines is 1. The van der Waals surface area contributed by atoms with Crippen LogP contribution in [0.4, 0.5) is 10.5 Å². The van der Waals surface area contributed by atoms with E-state index in [-0.39, 0.29) is 6.03 Å². The van der Waals surface area contributed by atoms with Crippen LogP contribution in [-0.4, -0.2) is 22.0 Å². The van der Waals surface area contributed by atoms with Crippen LogP contribution < -0.4 is 5.32 Å². The van der Waals surface area contributed by atoms with E-state index in [1.165, 1.54) is 0 Å². The molecule has 5 heteroatoms. The number of benzene rings is 1. The fourth-order valence-electron chi connectivity index (χ4n) is 2.19.